The van der Waals surface area contributed by atoms with E-state index in [1.54, 1.807) is 0 Å². The van der Waals surface area contributed by atoms with Gasteiger partial charge in [0.1, 0.15) is 11.0 Å². The summed E-state index contributed by atoms with van der Waals surface area (Å²) in [5, 5.41) is 11.5. The number of thiazole rings is 1. The Balaban J connectivity index is 2.14. The highest BCUT2D eigenvalue weighted by Gasteiger charge is 2.07. The lowest BCUT2D eigenvalue weighted by Crippen LogP contribution is -2.13. The highest BCUT2D eigenvalue weighted by atomic mass is 32.1. The van der Waals surface area contributed by atoms with Crippen molar-refractivity contribution in [2.24, 2.45) is 4.99 Å². The highest BCUT2D eigenvalue weighted by molar-refractivity contribution is 7.13. The Kier molecular flexibility index (Phi) is 3.84. The molecule has 0 saturated carbocycles. The van der Waals surface area contributed by atoms with Crippen LogP contribution in [0.4, 0.5) is 0 Å². The zero-order chi connectivity index (χ0) is 13.0. The van der Waals surface area contributed by atoms with E-state index in [9.17, 15) is 4.79 Å². The molecule has 0 aliphatic carbocycles. The fourth-order valence-corrected chi connectivity index (χ4v) is 2.09. The Bertz CT molecular complexity index is 563. The second-order valence-electron chi connectivity index (χ2n) is 3.74. The Hall–Kier alpha value is -2.01. The molecule has 1 aromatic carbocycles. The molecular formula is C13H12N2O2S. The van der Waals surface area contributed by atoms with Crippen LogP contribution in [0.25, 0.3) is 10.6 Å². The summed E-state index contributed by atoms with van der Waals surface area (Å²) in [6.45, 7) is 1.53. The largest absolute Gasteiger partial charge is 0.480 e. The molecule has 5 heteroatoms. The molecule has 92 valence electrons. The molecule has 0 amide bonds. The van der Waals surface area contributed by atoms with E-state index in [1.807, 2.05) is 35.7 Å². The van der Waals surface area contributed by atoms with Crippen molar-refractivity contribution >= 4 is 23.5 Å². The molecule has 1 heterocycles. The second-order valence-corrected chi connectivity index (χ2v) is 4.59. The van der Waals surface area contributed by atoms with Gasteiger partial charge in [-0.2, -0.15) is 0 Å². The Morgan fingerprint density at radius 1 is 1.44 bits per heavy atom. The van der Waals surface area contributed by atoms with E-state index in [4.69, 9.17) is 5.11 Å². The molecule has 0 saturated heterocycles. The lowest BCUT2D eigenvalue weighted by molar-refractivity contribution is -0.137. The number of benzene rings is 1. The molecule has 0 spiro atoms. The molecule has 18 heavy (non-hydrogen) atoms. The minimum atomic E-state index is -0.940. The molecule has 0 aliphatic rings. The summed E-state index contributed by atoms with van der Waals surface area (Å²) in [4.78, 5) is 18.9. The van der Waals surface area contributed by atoms with Crippen LogP contribution < -0.4 is 0 Å². The normalized spacial score (nSPS) is 12.7. The Morgan fingerprint density at radius 2 is 2.17 bits per heavy atom. The van der Waals surface area contributed by atoms with Gasteiger partial charge >= 0.3 is 5.97 Å². The first-order valence-electron chi connectivity index (χ1n) is 5.44. The first kappa shape index (κ1) is 12.4. The molecule has 0 bridgehead atoms. The zero-order valence-electron chi connectivity index (χ0n) is 9.78. The van der Waals surface area contributed by atoms with Gasteiger partial charge in [0.15, 0.2) is 0 Å². The average Bonchev–Trinajstić information content (AvgIpc) is 2.85. The summed E-state index contributed by atoms with van der Waals surface area (Å²) in [6, 6.07) is 9.09. The van der Waals surface area contributed by atoms with Gasteiger partial charge in [0.05, 0.1) is 5.69 Å². The summed E-state index contributed by atoms with van der Waals surface area (Å²) in [5.41, 5.74) is 1.74. The van der Waals surface area contributed by atoms with Crippen LogP contribution in [0.1, 0.15) is 12.6 Å². The monoisotopic (exact) mass is 260 g/mol. The van der Waals surface area contributed by atoms with Gasteiger partial charge in [0, 0.05) is 17.2 Å². The van der Waals surface area contributed by atoms with Crippen molar-refractivity contribution < 1.29 is 9.90 Å². The molecule has 1 aromatic heterocycles. The first-order valence-corrected chi connectivity index (χ1v) is 6.31. The van der Waals surface area contributed by atoms with Crippen LogP contribution in [0.3, 0.4) is 0 Å². The lowest BCUT2D eigenvalue weighted by Gasteiger charge is -1.96. The minimum absolute atomic E-state index is 0.687. The Morgan fingerprint density at radius 3 is 2.83 bits per heavy atom. The standard InChI is InChI=1S/C13H12N2O2S/c1-9(13(16)17)14-7-11-8-18-12(15-11)10-5-3-2-4-6-10/h2-9H,1H3,(H,16,17). The predicted molar refractivity (Wildman–Crippen MR) is 72.2 cm³/mol. The van der Waals surface area contributed by atoms with E-state index in [0.29, 0.717) is 5.69 Å². The van der Waals surface area contributed by atoms with E-state index in [1.165, 1.54) is 24.5 Å². The average molecular weight is 260 g/mol. The van der Waals surface area contributed by atoms with E-state index in [-0.39, 0.29) is 0 Å². The van der Waals surface area contributed by atoms with Crippen LogP contribution >= 0.6 is 11.3 Å². The molecule has 1 unspecified atom stereocenters. The molecule has 2 aromatic rings. The summed E-state index contributed by atoms with van der Waals surface area (Å²) in [7, 11) is 0. The van der Waals surface area contributed by atoms with Gasteiger partial charge in [-0.15, -0.1) is 11.3 Å². The maximum absolute atomic E-state index is 10.6. The van der Waals surface area contributed by atoms with Crippen LogP contribution in [-0.2, 0) is 4.79 Å². The highest BCUT2D eigenvalue weighted by Crippen LogP contribution is 2.22. The number of carboxylic acids is 1. The molecular weight excluding hydrogens is 248 g/mol. The van der Waals surface area contributed by atoms with E-state index in [0.717, 1.165) is 10.6 Å². The van der Waals surface area contributed by atoms with Gasteiger partial charge in [-0.05, 0) is 6.92 Å². The van der Waals surface area contributed by atoms with Crippen LogP contribution in [-0.4, -0.2) is 28.3 Å². The molecule has 0 radical (unpaired) electrons. The third-order valence-corrected chi connectivity index (χ3v) is 3.24. The predicted octanol–water partition coefficient (Wildman–Crippen LogP) is 2.70. The number of carbonyl (C=O) groups is 1. The third kappa shape index (κ3) is 3.01. The third-order valence-electron chi connectivity index (χ3n) is 2.33. The quantitative estimate of drug-likeness (QED) is 0.860. The van der Waals surface area contributed by atoms with Gasteiger partial charge in [0.2, 0.25) is 0 Å². The lowest BCUT2D eigenvalue weighted by atomic mass is 10.2. The van der Waals surface area contributed by atoms with Crippen LogP contribution in [0, 0.1) is 0 Å². The summed E-state index contributed by atoms with van der Waals surface area (Å²) >= 11 is 1.51. The maximum atomic E-state index is 10.6. The van der Waals surface area contributed by atoms with E-state index < -0.39 is 12.0 Å². The molecule has 0 fully saturated rings. The number of hydrogen-bond acceptors (Lipinski definition) is 4. The van der Waals surface area contributed by atoms with Gasteiger partial charge in [-0.3, -0.25) is 4.99 Å². The van der Waals surface area contributed by atoms with Crippen LogP contribution in [0.2, 0.25) is 0 Å². The molecule has 2 rings (SSSR count). The van der Waals surface area contributed by atoms with Crippen molar-refractivity contribution in [2.45, 2.75) is 13.0 Å². The molecule has 1 atom stereocenters. The van der Waals surface area contributed by atoms with Crippen molar-refractivity contribution in [3.63, 3.8) is 0 Å². The van der Waals surface area contributed by atoms with Crippen molar-refractivity contribution in [2.75, 3.05) is 0 Å². The first-order chi connectivity index (χ1) is 8.66. The number of aromatic nitrogens is 1. The summed E-state index contributed by atoms with van der Waals surface area (Å²) in [6.07, 6.45) is 1.50. The second kappa shape index (κ2) is 5.55. The molecule has 0 aliphatic heterocycles. The minimum Gasteiger partial charge on any atom is -0.480 e. The number of carboxylic acid groups (broad SMARTS) is 1. The van der Waals surface area contributed by atoms with Crippen molar-refractivity contribution in [1.82, 2.24) is 4.98 Å². The van der Waals surface area contributed by atoms with Gasteiger partial charge in [-0.25, -0.2) is 9.78 Å². The maximum Gasteiger partial charge on any atom is 0.328 e. The number of aliphatic imine (C=N–C) groups is 1. The summed E-state index contributed by atoms with van der Waals surface area (Å²) < 4.78 is 0. The number of rotatable bonds is 4. The molecule has 1 N–H and O–H groups in total. The van der Waals surface area contributed by atoms with E-state index >= 15 is 0 Å². The van der Waals surface area contributed by atoms with Crippen LogP contribution in [0.15, 0.2) is 40.7 Å². The Labute approximate surface area is 109 Å². The topological polar surface area (TPSA) is 62.5 Å². The van der Waals surface area contributed by atoms with Crippen molar-refractivity contribution in [3.8, 4) is 10.6 Å². The molecule has 4 nitrogen and oxygen atoms in total. The number of nitrogens with zero attached hydrogens (tertiary/aromatic N) is 2. The SMILES string of the molecule is CC(N=Cc1csc(-c2ccccc2)n1)C(=O)O. The number of hydrogen-bond donors (Lipinski definition) is 1. The van der Waals surface area contributed by atoms with Crippen molar-refractivity contribution in [3.05, 3.63) is 41.4 Å². The van der Waals surface area contributed by atoms with Gasteiger partial charge in [-0.1, -0.05) is 30.3 Å². The zero-order valence-corrected chi connectivity index (χ0v) is 10.6. The van der Waals surface area contributed by atoms with Crippen LogP contribution in [0.5, 0.6) is 0 Å². The fraction of sp³-hybridized carbons (Fsp3) is 0.154. The van der Waals surface area contributed by atoms with E-state index in [2.05, 4.69) is 9.98 Å². The number of aliphatic carboxylic acids is 1. The smallest absolute Gasteiger partial charge is 0.328 e. The summed E-state index contributed by atoms with van der Waals surface area (Å²) in [5.74, 6) is -0.940. The fourth-order valence-electron chi connectivity index (χ4n) is 1.31. The van der Waals surface area contributed by atoms with Crippen molar-refractivity contribution in [1.29, 1.82) is 0 Å². The van der Waals surface area contributed by atoms with Gasteiger partial charge < -0.3 is 5.11 Å². The van der Waals surface area contributed by atoms with Gasteiger partial charge in [0.25, 0.3) is 0 Å².